The monoisotopic (exact) mass is 220 g/mol. The third kappa shape index (κ3) is 1.72. The van der Waals surface area contributed by atoms with Crippen molar-refractivity contribution in [1.29, 1.82) is 0 Å². The van der Waals surface area contributed by atoms with Crippen molar-refractivity contribution in [3.05, 3.63) is 0 Å². The van der Waals surface area contributed by atoms with Crippen molar-refractivity contribution < 1.29 is 4.79 Å². The third-order valence-electron chi connectivity index (χ3n) is 5.70. The van der Waals surface area contributed by atoms with Gasteiger partial charge in [-0.15, -0.1) is 0 Å². The number of carbonyl (C=O) groups excluding carboxylic acids is 1. The molecule has 0 aromatic rings. The van der Waals surface area contributed by atoms with Crippen LogP contribution in [0.15, 0.2) is 0 Å². The van der Waals surface area contributed by atoms with Crippen molar-refractivity contribution in [1.82, 2.24) is 0 Å². The van der Waals surface area contributed by atoms with Gasteiger partial charge in [-0.2, -0.15) is 0 Å². The molecule has 0 radical (unpaired) electrons. The Bertz CT molecular complexity index is 283. The summed E-state index contributed by atoms with van der Waals surface area (Å²) in [5.41, 5.74) is 0. The Hall–Kier alpha value is -0.330. The summed E-state index contributed by atoms with van der Waals surface area (Å²) in [6.45, 7) is 2.37. The Labute approximate surface area is 99.0 Å². The van der Waals surface area contributed by atoms with Gasteiger partial charge in [0.2, 0.25) is 0 Å². The summed E-state index contributed by atoms with van der Waals surface area (Å²) in [5.74, 6) is 4.60. The highest BCUT2D eigenvalue weighted by molar-refractivity contribution is 5.81. The number of ketones is 1. The predicted octanol–water partition coefficient (Wildman–Crippen LogP) is 3.82. The summed E-state index contributed by atoms with van der Waals surface area (Å²) in [4.78, 5) is 12.0. The molecule has 5 unspecified atom stereocenters. The number of hydrogen-bond donors (Lipinski definition) is 0. The van der Waals surface area contributed by atoms with E-state index in [1.165, 1.54) is 38.5 Å². The van der Waals surface area contributed by atoms with E-state index in [0.29, 0.717) is 17.6 Å². The minimum absolute atomic E-state index is 0.429. The smallest absolute Gasteiger partial charge is 0.136 e. The number of hydrogen-bond acceptors (Lipinski definition) is 1. The van der Waals surface area contributed by atoms with Crippen LogP contribution in [0.3, 0.4) is 0 Å². The summed E-state index contributed by atoms with van der Waals surface area (Å²) in [6.07, 6.45) is 10.4. The maximum atomic E-state index is 12.0. The third-order valence-corrected chi connectivity index (χ3v) is 5.70. The van der Waals surface area contributed by atoms with E-state index in [9.17, 15) is 4.79 Å². The second-order valence-corrected chi connectivity index (χ2v) is 6.52. The summed E-state index contributed by atoms with van der Waals surface area (Å²) < 4.78 is 0. The van der Waals surface area contributed by atoms with Gasteiger partial charge in [0.15, 0.2) is 0 Å². The largest absolute Gasteiger partial charge is 0.299 e. The molecule has 0 aliphatic heterocycles. The van der Waals surface area contributed by atoms with Crippen LogP contribution in [0.5, 0.6) is 0 Å². The molecule has 0 aromatic heterocycles. The van der Waals surface area contributed by atoms with Crippen LogP contribution in [0.25, 0.3) is 0 Å². The zero-order valence-corrected chi connectivity index (χ0v) is 10.5. The van der Waals surface area contributed by atoms with Crippen molar-refractivity contribution in [3.63, 3.8) is 0 Å². The molecule has 3 aliphatic carbocycles. The quantitative estimate of drug-likeness (QED) is 0.691. The average Bonchev–Trinajstić information content (AvgIpc) is 2.90. The lowest BCUT2D eigenvalue weighted by Crippen LogP contribution is -2.32. The minimum Gasteiger partial charge on any atom is -0.299 e. The molecule has 2 bridgehead atoms. The molecule has 90 valence electrons. The Morgan fingerprint density at radius 1 is 1.12 bits per heavy atom. The SMILES string of the molecule is CC(C1CCCCC1=O)C1CC2CCC1C2. The van der Waals surface area contributed by atoms with E-state index in [1.54, 1.807) is 0 Å². The first kappa shape index (κ1) is 10.8. The standard InChI is InChI=1S/C15H24O/c1-10(13-4-2-3-5-15(13)16)14-9-11-6-7-12(14)8-11/h10-14H,2-9H2,1H3. The molecular formula is C15H24O. The second kappa shape index (κ2) is 4.16. The first-order chi connectivity index (χ1) is 7.75. The van der Waals surface area contributed by atoms with E-state index in [1.807, 2.05) is 0 Å². The van der Waals surface area contributed by atoms with Gasteiger partial charge in [-0.1, -0.05) is 19.8 Å². The molecule has 0 heterocycles. The Balaban J connectivity index is 1.67. The predicted molar refractivity (Wildman–Crippen MR) is 65.1 cm³/mol. The first-order valence-corrected chi connectivity index (χ1v) is 7.28. The summed E-state index contributed by atoms with van der Waals surface area (Å²) in [7, 11) is 0. The molecule has 0 aromatic carbocycles. The lowest BCUT2D eigenvalue weighted by Gasteiger charge is -2.34. The summed E-state index contributed by atoms with van der Waals surface area (Å²) >= 11 is 0. The fraction of sp³-hybridized carbons (Fsp3) is 0.933. The zero-order valence-electron chi connectivity index (χ0n) is 10.5. The Morgan fingerprint density at radius 3 is 2.62 bits per heavy atom. The van der Waals surface area contributed by atoms with Gasteiger partial charge in [-0.3, -0.25) is 4.79 Å². The molecule has 0 spiro atoms. The fourth-order valence-corrected chi connectivity index (χ4v) is 4.80. The van der Waals surface area contributed by atoms with Crippen LogP contribution in [0, 0.1) is 29.6 Å². The number of Topliss-reactive ketones (excluding diaryl/α,β-unsaturated/α-hetero) is 1. The van der Waals surface area contributed by atoms with Crippen LogP contribution < -0.4 is 0 Å². The van der Waals surface area contributed by atoms with E-state index >= 15 is 0 Å². The number of carbonyl (C=O) groups is 1. The second-order valence-electron chi connectivity index (χ2n) is 6.52. The van der Waals surface area contributed by atoms with Gasteiger partial charge in [0.1, 0.15) is 5.78 Å². The lowest BCUT2D eigenvalue weighted by molar-refractivity contribution is -0.127. The average molecular weight is 220 g/mol. The molecule has 0 amide bonds. The molecule has 3 fully saturated rings. The van der Waals surface area contributed by atoms with Gasteiger partial charge in [0.05, 0.1) is 0 Å². The molecule has 1 heteroatoms. The van der Waals surface area contributed by atoms with E-state index in [4.69, 9.17) is 0 Å². The van der Waals surface area contributed by atoms with Gasteiger partial charge in [-0.25, -0.2) is 0 Å². The normalized spacial score (nSPS) is 44.9. The maximum Gasteiger partial charge on any atom is 0.136 e. The summed E-state index contributed by atoms with van der Waals surface area (Å²) in [6, 6.07) is 0. The van der Waals surface area contributed by atoms with E-state index in [0.717, 1.165) is 30.6 Å². The highest BCUT2D eigenvalue weighted by Crippen LogP contribution is 2.53. The fourth-order valence-electron chi connectivity index (χ4n) is 4.80. The summed E-state index contributed by atoms with van der Waals surface area (Å²) in [5, 5.41) is 0. The van der Waals surface area contributed by atoms with Crippen molar-refractivity contribution in [2.45, 2.75) is 58.3 Å². The van der Waals surface area contributed by atoms with Gasteiger partial charge in [0.25, 0.3) is 0 Å². The van der Waals surface area contributed by atoms with Crippen LogP contribution in [0.1, 0.15) is 58.3 Å². The van der Waals surface area contributed by atoms with Crippen LogP contribution >= 0.6 is 0 Å². The van der Waals surface area contributed by atoms with E-state index in [2.05, 4.69) is 6.92 Å². The van der Waals surface area contributed by atoms with Crippen molar-refractivity contribution in [2.24, 2.45) is 29.6 Å². The van der Waals surface area contributed by atoms with Gasteiger partial charge in [-0.05, 0) is 55.8 Å². The van der Waals surface area contributed by atoms with Crippen LogP contribution in [0.4, 0.5) is 0 Å². The van der Waals surface area contributed by atoms with Crippen molar-refractivity contribution >= 4 is 5.78 Å². The lowest BCUT2D eigenvalue weighted by atomic mass is 9.69. The minimum atomic E-state index is 0.429. The topological polar surface area (TPSA) is 17.1 Å². The van der Waals surface area contributed by atoms with Gasteiger partial charge in [0, 0.05) is 12.3 Å². The van der Waals surface area contributed by atoms with Crippen molar-refractivity contribution in [3.8, 4) is 0 Å². The molecule has 3 saturated carbocycles. The molecule has 3 aliphatic rings. The number of rotatable bonds is 2. The zero-order chi connectivity index (χ0) is 11.1. The molecule has 16 heavy (non-hydrogen) atoms. The molecule has 5 atom stereocenters. The molecule has 0 N–H and O–H groups in total. The molecule has 3 rings (SSSR count). The maximum absolute atomic E-state index is 12.0. The van der Waals surface area contributed by atoms with Crippen LogP contribution in [0.2, 0.25) is 0 Å². The van der Waals surface area contributed by atoms with E-state index < -0.39 is 0 Å². The molecular weight excluding hydrogens is 196 g/mol. The van der Waals surface area contributed by atoms with Crippen LogP contribution in [-0.4, -0.2) is 5.78 Å². The Morgan fingerprint density at radius 2 is 2.00 bits per heavy atom. The molecule has 1 nitrogen and oxygen atoms in total. The highest BCUT2D eigenvalue weighted by atomic mass is 16.1. The van der Waals surface area contributed by atoms with E-state index in [-0.39, 0.29) is 0 Å². The van der Waals surface area contributed by atoms with Crippen molar-refractivity contribution in [2.75, 3.05) is 0 Å². The number of fused-ring (bicyclic) bond motifs is 2. The highest BCUT2D eigenvalue weighted by Gasteiger charge is 2.44. The van der Waals surface area contributed by atoms with Gasteiger partial charge >= 0.3 is 0 Å². The van der Waals surface area contributed by atoms with Gasteiger partial charge < -0.3 is 0 Å². The molecule has 0 saturated heterocycles. The Kier molecular flexibility index (Phi) is 2.81. The first-order valence-electron chi connectivity index (χ1n) is 7.28. The van der Waals surface area contributed by atoms with Crippen LogP contribution in [-0.2, 0) is 4.79 Å².